The summed E-state index contributed by atoms with van der Waals surface area (Å²) >= 11 is 0. The van der Waals surface area contributed by atoms with Gasteiger partial charge in [0.1, 0.15) is 5.75 Å². The fourth-order valence-corrected chi connectivity index (χ4v) is 2.51. The summed E-state index contributed by atoms with van der Waals surface area (Å²) in [5.41, 5.74) is 2.47. The number of phenolic OH excluding ortho intramolecular Hbond substituents is 1. The Kier molecular flexibility index (Phi) is 7.69. The van der Waals surface area contributed by atoms with E-state index in [9.17, 15) is 9.90 Å². The number of aromatic hydroxyl groups is 1. The van der Waals surface area contributed by atoms with Gasteiger partial charge in [0.2, 0.25) is 0 Å². The van der Waals surface area contributed by atoms with Crippen LogP contribution in [0.25, 0.3) is 0 Å². The van der Waals surface area contributed by atoms with Gasteiger partial charge in [0.05, 0.1) is 5.56 Å². The van der Waals surface area contributed by atoms with E-state index in [2.05, 4.69) is 27.4 Å². The van der Waals surface area contributed by atoms with Crippen molar-refractivity contribution in [1.82, 2.24) is 4.90 Å². The van der Waals surface area contributed by atoms with E-state index < -0.39 is 0 Å². The molecule has 1 amide bonds. The van der Waals surface area contributed by atoms with E-state index in [1.54, 1.807) is 17.0 Å². The van der Waals surface area contributed by atoms with Gasteiger partial charge in [0.15, 0.2) is 0 Å². The van der Waals surface area contributed by atoms with Crippen LogP contribution in [-0.2, 0) is 5.41 Å². The van der Waals surface area contributed by atoms with Gasteiger partial charge < -0.3 is 10.0 Å². The van der Waals surface area contributed by atoms with Crippen molar-refractivity contribution in [2.45, 2.75) is 46.5 Å². The number of hydrogen-bond acceptors (Lipinski definition) is 2. The second kappa shape index (κ2) is 9.26. The first-order valence-electron chi connectivity index (χ1n) is 8.79. The van der Waals surface area contributed by atoms with E-state index in [-0.39, 0.29) is 17.1 Å². The van der Waals surface area contributed by atoms with Gasteiger partial charge >= 0.3 is 0 Å². The molecule has 3 nitrogen and oxygen atoms in total. The minimum Gasteiger partial charge on any atom is -0.507 e. The Balaban J connectivity index is 3.06. The monoisotopic (exact) mass is 341 g/mol. The number of rotatable bonds is 7. The summed E-state index contributed by atoms with van der Waals surface area (Å²) in [5, 5.41) is 10.2. The van der Waals surface area contributed by atoms with Crippen molar-refractivity contribution in [3.8, 4) is 5.75 Å². The minimum atomic E-state index is -0.141. The summed E-state index contributed by atoms with van der Waals surface area (Å²) in [7, 11) is 0. The number of nitrogens with zero attached hydrogens (tertiary/aromatic N) is 1. The summed E-state index contributed by atoms with van der Waals surface area (Å²) in [6.45, 7) is 15.0. The molecule has 136 valence electrons. The average molecular weight is 341 g/mol. The zero-order valence-electron chi connectivity index (χ0n) is 16.2. The molecule has 0 atom stereocenters. The van der Waals surface area contributed by atoms with Crippen molar-refractivity contribution >= 4 is 5.91 Å². The first-order valence-corrected chi connectivity index (χ1v) is 8.79. The Morgan fingerprint density at radius 1 is 1.32 bits per heavy atom. The van der Waals surface area contributed by atoms with E-state index >= 15 is 0 Å². The van der Waals surface area contributed by atoms with Crippen LogP contribution < -0.4 is 0 Å². The van der Waals surface area contributed by atoms with Crippen molar-refractivity contribution in [3.63, 3.8) is 0 Å². The van der Waals surface area contributed by atoms with Crippen molar-refractivity contribution < 1.29 is 9.90 Å². The number of amides is 1. The Bertz CT molecular complexity index is 663. The lowest BCUT2D eigenvalue weighted by molar-refractivity contribution is 0.0774. The maximum Gasteiger partial charge on any atom is 0.257 e. The van der Waals surface area contributed by atoms with E-state index in [1.165, 1.54) is 0 Å². The smallest absolute Gasteiger partial charge is 0.257 e. The maximum atomic E-state index is 13.0. The highest BCUT2D eigenvalue weighted by atomic mass is 16.3. The molecule has 0 aliphatic heterocycles. The fraction of sp³-hybridized carbons (Fsp3) is 0.409. The molecule has 1 rings (SSSR count). The van der Waals surface area contributed by atoms with Crippen LogP contribution in [-0.4, -0.2) is 29.0 Å². The molecule has 0 aliphatic rings. The second-order valence-electron chi connectivity index (χ2n) is 7.12. The predicted molar refractivity (Wildman–Crippen MR) is 106 cm³/mol. The Morgan fingerprint density at radius 3 is 2.52 bits per heavy atom. The van der Waals surface area contributed by atoms with Gasteiger partial charge in [-0.2, -0.15) is 0 Å². The van der Waals surface area contributed by atoms with E-state index in [1.807, 2.05) is 44.2 Å². The molecule has 25 heavy (non-hydrogen) atoms. The van der Waals surface area contributed by atoms with Gasteiger partial charge in [-0.05, 0) is 43.4 Å². The highest BCUT2D eigenvalue weighted by Crippen LogP contribution is 2.28. The van der Waals surface area contributed by atoms with Crippen LogP contribution in [0.4, 0.5) is 0 Å². The molecule has 3 heteroatoms. The lowest BCUT2D eigenvalue weighted by Gasteiger charge is -2.25. The molecule has 0 saturated heterocycles. The second-order valence-corrected chi connectivity index (χ2v) is 7.12. The van der Waals surface area contributed by atoms with Crippen LogP contribution in [0.15, 0.2) is 54.7 Å². The topological polar surface area (TPSA) is 40.5 Å². The van der Waals surface area contributed by atoms with Crippen LogP contribution in [0.3, 0.4) is 0 Å². The largest absolute Gasteiger partial charge is 0.507 e. The van der Waals surface area contributed by atoms with E-state index in [0.717, 1.165) is 17.6 Å². The quantitative estimate of drug-likeness (QED) is 0.545. The third-order valence-corrected chi connectivity index (χ3v) is 4.22. The molecule has 0 saturated carbocycles. The predicted octanol–water partition coefficient (Wildman–Crippen LogP) is 5.23. The number of likely N-dealkylation sites (N-methyl/N-ethyl adjacent to an activating group) is 1. The Labute approximate surface area is 152 Å². The molecular formula is C22H31NO2. The minimum absolute atomic E-state index is 0.0324. The van der Waals surface area contributed by atoms with Gasteiger partial charge in [0, 0.05) is 13.1 Å². The number of phenols is 1. The Morgan fingerprint density at radius 2 is 2.00 bits per heavy atom. The SMILES string of the molecule is C=C/C=C\C/C(=C\C)CN(CC)C(=O)c1cc(C(C)(C)C)ccc1O. The normalized spacial score (nSPS) is 12.4. The highest BCUT2D eigenvalue weighted by Gasteiger charge is 2.22. The number of benzene rings is 1. The number of carbonyl (C=O) groups excluding carboxylic acids is 1. The molecule has 1 N–H and O–H groups in total. The molecule has 0 aliphatic carbocycles. The number of allylic oxidation sites excluding steroid dienone is 4. The first kappa shape index (κ1) is 20.8. The maximum absolute atomic E-state index is 13.0. The molecule has 1 aromatic carbocycles. The van der Waals surface area contributed by atoms with Gasteiger partial charge in [0.25, 0.3) is 5.91 Å². The number of hydrogen-bond donors (Lipinski definition) is 1. The molecule has 0 fully saturated rings. The fourth-order valence-electron chi connectivity index (χ4n) is 2.51. The summed E-state index contributed by atoms with van der Waals surface area (Å²) < 4.78 is 0. The van der Waals surface area contributed by atoms with Crippen LogP contribution >= 0.6 is 0 Å². The zero-order valence-corrected chi connectivity index (χ0v) is 16.2. The van der Waals surface area contributed by atoms with Gasteiger partial charge in [-0.3, -0.25) is 4.79 Å². The summed E-state index contributed by atoms with van der Waals surface area (Å²) in [5.74, 6) is -0.108. The molecule has 0 aromatic heterocycles. The summed E-state index contributed by atoms with van der Waals surface area (Å²) in [6.07, 6.45) is 8.49. The van der Waals surface area contributed by atoms with Crippen molar-refractivity contribution in [3.05, 3.63) is 65.8 Å². The van der Waals surface area contributed by atoms with Crippen molar-refractivity contribution in [1.29, 1.82) is 0 Å². The Hall–Kier alpha value is -2.29. The van der Waals surface area contributed by atoms with Crippen molar-refractivity contribution in [2.75, 3.05) is 13.1 Å². The molecule has 0 unspecified atom stereocenters. The van der Waals surface area contributed by atoms with Crippen LogP contribution in [0, 0.1) is 0 Å². The van der Waals surface area contributed by atoms with Gasteiger partial charge in [-0.15, -0.1) is 0 Å². The third kappa shape index (κ3) is 5.93. The van der Waals surface area contributed by atoms with Crippen LogP contribution in [0.5, 0.6) is 5.75 Å². The standard InChI is InChI=1S/C22H31NO2/c1-7-10-11-12-17(8-2)16-23(9-3)21(25)19-15-18(22(4,5)6)13-14-20(19)24/h7-8,10-11,13-15,24H,1,9,12,16H2,2-6H3/b11-10-,17-8+. The molecule has 0 spiro atoms. The van der Waals surface area contributed by atoms with Gasteiger partial charge in [-0.25, -0.2) is 0 Å². The lowest BCUT2D eigenvalue weighted by atomic mass is 9.86. The highest BCUT2D eigenvalue weighted by molar-refractivity contribution is 5.97. The lowest BCUT2D eigenvalue weighted by Crippen LogP contribution is -2.33. The van der Waals surface area contributed by atoms with E-state index in [4.69, 9.17) is 0 Å². The first-order chi connectivity index (χ1) is 11.7. The third-order valence-electron chi connectivity index (χ3n) is 4.22. The van der Waals surface area contributed by atoms with Gasteiger partial charge in [-0.1, -0.05) is 63.3 Å². The van der Waals surface area contributed by atoms with Crippen molar-refractivity contribution in [2.24, 2.45) is 0 Å². The summed E-state index contributed by atoms with van der Waals surface area (Å²) in [6, 6.07) is 5.30. The molecule has 1 aromatic rings. The van der Waals surface area contributed by atoms with E-state index in [0.29, 0.717) is 18.7 Å². The molecule has 0 bridgehead atoms. The molecule has 0 heterocycles. The summed E-state index contributed by atoms with van der Waals surface area (Å²) in [4.78, 5) is 14.7. The van der Waals surface area contributed by atoms with Crippen LogP contribution in [0.2, 0.25) is 0 Å². The zero-order chi connectivity index (χ0) is 19.0. The number of carbonyl (C=O) groups is 1. The molecule has 0 radical (unpaired) electrons. The molecular weight excluding hydrogens is 310 g/mol. The van der Waals surface area contributed by atoms with Crippen LogP contribution in [0.1, 0.15) is 57.0 Å². The average Bonchev–Trinajstić information content (AvgIpc) is 2.56.